The predicted molar refractivity (Wildman–Crippen MR) is 69.3 cm³/mol. The number of benzene rings is 1. The number of amides is 2. The number of nitrogens with zero attached hydrogens (tertiary/aromatic N) is 1. The van der Waals surface area contributed by atoms with Crippen molar-refractivity contribution in [1.82, 2.24) is 4.90 Å². The lowest BCUT2D eigenvalue weighted by Crippen LogP contribution is -2.37. The summed E-state index contributed by atoms with van der Waals surface area (Å²) in [6, 6.07) is 6.59. The van der Waals surface area contributed by atoms with E-state index in [2.05, 4.69) is 11.9 Å². The summed E-state index contributed by atoms with van der Waals surface area (Å²) < 4.78 is 0. The summed E-state index contributed by atoms with van der Waals surface area (Å²) in [4.78, 5) is 13.3. The van der Waals surface area contributed by atoms with Gasteiger partial charge in [0.1, 0.15) is 0 Å². The molecular formula is C12H15ClN2O2. The number of hydrogen-bond donors (Lipinski definition) is 2. The summed E-state index contributed by atoms with van der Waals surface area (Å²) >= 11 is 5.81. The summed E-state index contributed by atoms with van der Waals surface area (Å²) in [5.74, 6) is 0. The average Bonchev–Trinajstić information content (AvgIpc) is 2.28. The third-order valence-electron chi connectivity index (χ3n) is 2.08. The van der Waals surface area contributed by atoms with E-state index in [-0.39, 0.29) is 19.2 Å². The number of nitrogens with one attached hydrogen (secondary N) is 1. The molecule has 0 saturated heterocycles. The maximum Gasteiger partial charge on any atom is 0.322 e. The lowest BCUT2D eigenvalue weighted by Gasteiger charge is -2.20. The van der Waals surface area contributed by atoms with Crippen LogP contribution in [0.1, 0.15) is 0 Å². The van der Waals surface area contributed by atoms with Crippen LogP contribution >= 0.6 is 11.6 Å². The van der Waals surface area contributed by atoms with E-state index < -0.39 is 0 Å². The number of urea groups is 1. The SMILES string of the molecule is C=CCN(CCO)C(=O)Nc1cccc(Cl)c1. The summed E-state index contributed by atoms with van der Waals surface area (Å²) in [7, 11) is 0. The molecule has 2 N–H and O–H groups in total. The van der Waals surface area contributed by atoms with Gasteiger partial charge in [0.05, 0.1) is 6.61 Å². The number of rotatable bonds is 5. The van der Waals surface area contributed by atoms with Crippen LogP contribution in [0.25, 0.3) is 0 Å². The fourth-order valence-electron chi connectivity index (χ4n) is 1.32. The van der Waals surface area contributed by atoms with E-state index in [4.69, 9.17) is 16.7 Å². The van der Waals surface area contributed by atoms with E-state index in [9.17, 15) is 4.79 Å². The Kier molecular flexibility index (Phi) is 5.52. The van der Waals surface area contributed by atoms with Crippen molar-refractivity contribution in [1.29, 1.82) is 0 Å². The fraction of sp³-hybridized carbons (Fsp3) is 0.250. The monoisotopic (exact) mass is 254 g/mol. The minimum Gasteiger partial charge on any atom is -0.395 e. The molecule has 0 aliphatic heterocycles. The number of halogens is 1. The molecule has 0 spiro atoms. The number of aliphatic hydroxyl groups excluding tert-OH is 1. The van der Waals surface area contributed by atoms with Gasteiger partial charge in [-0.25, -0.2) is 4.79 Å². The summed E-state index contributed by atoms with van der Waals surface area (Å²) in [6.45, 7) is 4.12. The summed E-state index contributed by atoms with van der Waals surface area (Å²) in [5, 5.41) is 12.1. The molecule has 0 aliphatic rings. The van der Waals surface area contributed by atoms with Crippen LogP contribution in [0.3, 0.4) is 0 Å². The van der Waals surface area contributed by atoms with Crippen molar-refractivity contribution in [3.63, 3.8) is 0 Å². The Morgan fingerprint density at radius 3 is 2.94 bits per heavy atom. The zero-order valence-corrected chi connectivity index (χ0v) is 10.2. The van der Waals surface area contributed by atoms with E-state index in [0.29, 0.717) is 17.3 Å². The van der Waals surface area contributed by atoms with Crippen molar-refractivity contribution in [2.45, 2.75) is 0 Å². The summed E-state index contributed by atoms with van der Waals surface area (Å²) in [5.41, 5.74) is 0.620. The van der Waals surface area contributed by atoms with E-state index in [1.807, 2.05) is 0 Å². The van der Waals surface area contributed by atoms with Crippen molar-refractivity contribution < 1.29 is 9.90 Å². The van der Waals surface area contributed by atoms with Crippen molar-refractivity contribution in [2.75, 3.05) is 25.0 Å². The van der Waals surface area contributed by atoms with Crippen molar-refractivity contribution >= 4 is 23.3 Å². The second-order valence-electron chi connectivity index (χ2n) is 3.40. The van der Waals surface area contributed by atoms with Crippen LogP contribution in [0.4, 0.5) is 10.5 Å². The molecule has 1 rings (SSSR count). The largest absolute Gasteiger partial charge is 0.395 e. The zero-order chi connectivity index (χ0) is 12.7. The normalized spacial score (nSPS) is 9.76. The molecule has 1 aromatic carbocycles. The molecular weight excluding hydrogens is 240 g/mol. The molecule has 4 nitrogen and oxygen atoms in total. The van der Waals surface area contributed by atoms with Crippen molar-refractivity contribution in [3.05, 3.63) is 41.9 Å². The molecule has 1 aromatic rings. The number of aliphatic hydroxyl groups is 1. The highest BCUT2D eigenvalue weighted by Crippen LogP contribution is 2.15. The Labute approximate surface area is 106 Å². The van der Waals surface area contributed by atoms with Crippen LogP contribution in [0.2, 0.25) is 5.02 Å². The van der Waals surface area contributed by atoms with Gasteiger partial charge in [0.2, 0.25) is 0 Å². The molecule has 0 aliphatic carbocycles. The zero-order valence-electron chi connectivity index (χ0n) is 9.40. The molecule has 0 unspecified atom stereocenters. The van der Waals surface area contributed by atoms with E-state index in [1.165, 1.54) is 4.90 Å². The molecule has 2 amide bonds. The highest BCUT2D eigenvalue weighted by atomic mass is 35.5. The van der Waals surface area contributed by atoms with Crippen LogP contribution in [-0.2, 0) is 0 Å². The van der Waals surface area contributed by atoms with Crippen LogP contribution in [0.15, 0.2) is 36.9 Å². The van der Waals surface area contributed by atoms with Crippen LogP contribution < -0.4 is 5.32 Å². The molecule has 17 heavy (non-hydrogen) atoms. The summed E-state index contributed by atoms with van der Waals surface area (Å²) in [6.07, 6.45) is 1.60. The third kappa shape index (κ3) is 4.46. The van der Waals surface area contributed by atoms with Gasteiger partial charge in [-0.2, -0.15) is 0 Å². The highest BCUT2D eigenvalue weighted by molar-refractivity contribution is 6.30. The van der Waals surface area contributed by atoms with Crippen LogP contribution in [-0.4, -0.2) is 35.7 Å². The molecule has 0 radical (unpaired) electrons. The first kappa shape index (κ1) is 13.5. The van der Waals surface area contributed by atoms with Gasteiger partial charge in [-0.05, 0) is 18.2 Å². The third-order valence-corrected chi connectivity index (χ3v) is 2.32. The lowest BCUT2D eigenvalue weighted by atomic mass is 10.3. The Hall–Kier alpha value is -1.52. The van der Waals surface area contributed by atoms with Gasteiger partial charge in [0, 0.05) is 23.8 Å². The first-order valence-electron chi connectivity index (χ1n) is 5.20. The minimum absolute atomic E-state index is 0.0865. The van der Waals surface area contributed by atoms with Gasteiger partial charge >= 0.3 is 6.03 Å². The maximum atomic E-state index is 11.8. The van der Waals surface area contributed by atoms with E-state index >= 15 is 0 Å². The average molecular weight is 255 g/mol. The van der Waals surface area contributed by atoms with E-state index in [1.54, 1.807) is 30.3 Å². The highest BCUT2D eigenvalue weighted by Gasteiger charge is 2.11. The Morgan fingerprint density at radius 2 is 2.35 bits per heavy atom. The second-order valence-corrected chi connectivity index (χ2v) is 3.84. The standard InChI is InChI=1S/C12H15ClN2O2/c1-2-6-15(7-8-16)12(17)14-11-5-3-4-10(13)9-11/h2-5,9,16H,1,6-8H2,(H,14,17). The van der Waals surface area contributed by atoms with Gasteiger partial charge in [-0.15, -0.1) is 6.58 Å². The number of hydrogen-bond acceptors (Lipinski definition) is 2. The Morgan fingerprint density at radius 1 is 1.59 bits per heavy atom. The number of carbonyl (C=O) groups is 1. The van der Waals surface area contributed by atoms with Crippen molar-refractivity contribution in [2.24, 2.45) is 0 Å². The first-order chi connectivity index (χ1) is 8.17. The maximum absolute atomic E-state index is 11.8. The predicted octanol–water partition coefficient (Wildman–Crippen LogP) is 2.35. The lowest BCUT2D eigenvalue weighted by molar-refractivity contribution is 0.195. The molecule has 92 valence electrons. The second kappa shape index (κ2) is 6.93. The molecule has 0 saturated carbocycles. The Bertz CT molecular complexity index is 396. The van der Waals surface area contributed by atoms with Gasteiger partial charge in [-0.3, -0.25) is 0 Å². The van der Waals surface area contributed by atoms with Gasteiger partial charge in [-0.1, -0.05) is 23.7 Å². The van der Waals surface area contributed by atoms with Crippen molar-refractivity contribution in [3.8, 4) is 0 Å². The van der Waals surface area contributed by atoms with E-state index in [0.717, 1.165) is 0 Å². The Balaban J connectivity index is 2.65. The number of anilines is 1. The molecule has 0 atom stereocenters. The van der Waals surface area contributed by atoms with Gasteiger partial charge < -0.3 is 15.3 Å². The topological polar surface area (TPSA) is 52.6 Å². The molecule has 0 heterocycles. The molecule has 0 bridgehead atoms. The first-order valence-corrected chi connectivity index (χ1v) is 5.58. The van der Waals surface area contributed by atoms with Gasteiger partial charge in [0.25, 0.3) is 0 Å². The van der Waals surface area contributed by atoms with Crippen LogP contribution in [0.5, 0.6) is 0 Å². The molecule has 0 fully saturated rings. The minimum atomic E-state index is -0.291. The number of carbonyl (C=O) groups excluding carboxylic acids is 1. The molecule has 5 heteroatoms. The fourth-order valence-corrected chi connectivity index (χ4v) is 1.51. The quantitative estimate of drug-likeness (QED) is 0.793. The molecule has 0 aromatic heterocycles. The van der Waals surface area contributed by atoms with Gasteiger partial charge in [0.15, 0.2) is 0 Å². The smallest absolute Gasteiger partial charge is 0.322 e. The van der Waals surface area contributed by atoms with Crippen LogP contribution in [0, 0.1) is 0 Å².